The molecular weight excluding hydrogens is 328 g/mol. The predicted molar refractivity (Wildman–Crippen MR) is 89.5 cm³/mol. The second-order valence-corrected chi connectivity index (χ2v) is 7.00. The highest BCUT2D eigenvalue weighted by molar-refractivity contribution is 7.98. The third kappa shape index (κ3) is 3.26. The van der Waals surface area contributed by atoms with Gasteiger partial charge in [-0.15, -0.1) is 11.8 Å². The molecule has 1 aromatic carbocycles. The number of nitrogens with zero attached hydrogens (tertiary/aromatic N) is 1. The molecule has 1 spiro atoms. The largest absolute Gasteiger partial charge is 0.459 e. The summed E-state index contributed by atoms with van der Waals surface area (Å²) in [5.74, 6) is -0.881. The maximum Gasteiger partial charge on any atom is 0.326 e. The van der Waals surface area contributed by atoms with Gasteiger partial charge in [-0.25, -0.2) is 4.79 Å². The summed E-state index contributed by atoms with van der Waals surface area (Å²) in [5, 5.41) is 2.75. The van der Waals surface area contributed by atoms with Gasteiger partial charge in [0.05, 0.1) is 0 Å². The van der Waals surface area contributed by atoms with Crippen molar-refractivity contribution in [1.29, 1.82) is 0 Å². The number of hydrogen-bond acceptors (Lipinski definition) is 5. The van der Waals surface area contributed by atoms with Gasteiger partial charge in [-0.05, 0) is 36.8 Å². The number of hydrogen-bond donors (Lipinski definition) is 1. The van der Waals surface area contributed by atoms with E-state index in [-0.39, 0.29) is 19.1 Å². The number of rotatable bonds is 5. The van der Waals surface area contributed by atoms with E-state index >= 15 is 0 Å². The molecule has 0 atom stereocenters. The van der Waals surface area contributed by atoms with Crippen LogP contribution in [0.1, 0.15) is 31.2 Å². The van der Waals surface area contributed by atoms with E-state index in [1.165, 1.54) is 0 Å². The molecule has 1 saturated carbocycles. The number of thioether (sulfide) groups is 1. The van der Waals surface area contributed by atoms with Crippen LogP contribution in [-0.4, -0.2) is 41.1 Å². The van der Waals surface area contributed by atoms with Gasteiger partial charge in [0.1, 0.15) is 18.7 Å². The standard InChI is InChI=1S/C17H20N2O4S/c1-24-13-6-4-12(5-7-13)11-23-14(20)10-19-15(21)17(18-16(19)22)8-2-3-9-17/h4-7H,2-3,8-11H2,1H3,(H,18,22). The number of carbonyl (C=O) groups excluding carboxylic acids is 3. The summed E-state index contributed by atoms with van der Waals surface area (Å²) >= 11 is 1.64. The van der Waals surface area contributed by atoms with E-state index in [1.54, 1.807) is 11.8 Å². The lowest BCUT2D eigenvalue weighted by molar-refractivity contribution is -0.148. The first kappa shape index (κ1) is 16.8. The van der Waals surface area contributed by atoms with Crippen molar-refractivity contribution in [3.63, 3.8) is 0 Å². The topological polar surface area (TPSA) is 75.7 Å². The molecule has 0 aromatic heterocycles. The Balaban J connectivity index is 1.54. The number of nitrogens with one attached hydrogen (secondary N) is 1. The van der Waals surface area contributed by atoms with Crippen LogP contribution in [-0.2, 0) is 20.9 Å². The summed E-state index contributed by atoms with van der Waals surface area (Å²) < 4.78 is 5.19. The number of imide groups is 1. The summed E-state index contributed by atoms with van der Waals surface area (Å²) in [5.41, 5.74) is 0.0796. The van der Waals surface area contributed by atoms with Crippen LogP contribution >= 0.6 is 11.8 Å². The second-order valence-electron chi connectivity index (χ2n) is 6.12. The fraction of sp³-hybridized carbons (Fsp3) is 0.471. The average molecular weight is 348 g/mol. The molecular formula is C17H20N2O4S. The Kier molecular flexibility index (Phi) is 4.80. The highest BCUT2D eigenvalue weighted by Gasteiger charge is 2.52. The monoisotopic (exact) mass is 348 g/mol. The number of benzene rings is 1. The van der Waals surface area contributed by atoms with Gasteiger partial charge >= 0.3 is 12.0 Å². The maximum atomic E-state index is 12.5. The molecule has 0 unspecified atom stereocenters. The lowest BCUT2D eigenvalue weighted by Gasteiger charge is -2.19. The van der Waals surface area contributed by atoms with Gasteiger partial charge in [0, 0.05) is 4.90 Å². The van der Waals surface area contributed by atoms with Crippen LogP contribution in [0, 0.1) is 0 Å². The van der Waals surface area contributed by atoms with Gasteiger partial charge in [0.25, 0.3) is 5.91 Å². The predicted octanol–water partition coefficient (Wildman–Crippen LogP) is 2.32. The molecule has 1 N–H and O–H groups in total. The first-order chi connectivity index (χ1) is 11.5. The minimum absolute atomic E-state index is 0.127. The van der Waals surface area contributed by atoms with Crippen LogP contribution < -0.4 is 5.32 Å². The highest BCUT2D eigenvalue weighted by Crippen LogP contribution is 2.34. The first-order valence-corrected chi connectivity index (χ1v) is 9.19. The fourth-order valence-electron chi connectivity index (χ4n) is 3.20. The van der Waals surface area contributed by atoms with E-state index in [0.29, 0.717) is 12.8 Å². The van der Waals surface area contributed by atoms with Gasteiger partial charge in [-0.2, -0.15) is 0 Å². The number of carbonyl (C=O) groups is 3. The van der Waals surface area contributed by atoms with Crippen LogP contribution in [0.25, 0.3) is 0 Å². The molecule has 7 heteroatoms. The summed E-state index contributed by atoms with van der Waals surface area (Å²) in [7, 11) is 0. The molecule has 1 saturated heterocycles. The number of ether oxygens (including phenoxy) is 1. The molecule has 24 heavy (non-hydrogen) atoms. The molecule has 2 fully saturated rings. The SMILES string of the molecule is CSc1ccc(COC(=O)CN2C(=O)NC3(CCCC3)C2=O)cc1. The van der Waals surface area contributed by atoms with Gasteiger partial charge < -0.3 is 10.1 Å². The van der Waals surface area contributed by atoms with Crippen molar-refractivity contribution in [1.82, 2.24) is 10.2 Å². The van der Waals surface area contributed by atoms with Crippen molar-refractivity contribution in [3.05, 3.63) is 29.8 Å². The molecule has 3 amide bonds. The van der Waals surface area contributed by atoms with Crippen LogP contribution in [0.15, 0.2) is 29.2 Å². The summed E-state index contributed by atoms with van der Waals surface area (Å²) in [6.07, 6.45) is 5.10. The number of esters is 1. The zero-order chi connectivity index (χ0) is 17.2. The zero-order valence-electron chi connectivity index (χ0n) is 13.5. The molecule has 3 rings (SSSR count). The Morgan fingerprint density at radius 1 is 1.25 bits per heavy atom. The summed E-state index contributed by atoms with van der Waals surface area (Å²) in [4.78, 5) is 38.6. The van der Waals surface area contributed by atoms with E-state index in [0.717, 1.165) is 28.2 Å². The van der Waals surface area contributed by atoms with Crippen molar-refractivity contribution in [3.8, 4) is 0 Å². The fourth-order valence-corrected chi connectivity index (χ4v) is 3.61. The Morgan fingerprint density at radius 3 is 2.54 bits per heavy atom. The summed E-state index contributed by atoms with van der Waals surface area (Å²) in [6, 6.07) is 7.19. The van der Waals surface area contributed by atoms with E-state index in [2.05, 4.69) is 5.32 Å². The Morgan fingerprint density at radius 2 is 1.92 bits per heavy atom. The Bertz CT molecular complexity index is 653. The normalized spacial score (nSPS) is 19.0. The zero-order valence-corrected chi connectivity index (χ0v) is 14.4. The van der Waals surface area contributed by atoms with Crippen LogP contribution in [0.5, 0.6) is 0 Å². The van der Waals surface area contributed by atoms with E-state index in [1.807, 2.05) is 30.5 Å². The van der Waals surface area contributed by atoms with E-state index < -0.39 is 17.5 Å². The van der Waals surface area contributed by atoms with E-state index in [9.17, 15) is 14.4 Å². The minimum Gasteiger partial charge on any atom is -0.459 e. The van der Waals surface area contributed by atoms with Crippen molar-refractivity contribution < 1.29 is 19.1 Å². The average Bonchev–Trinajstić information content (AvgIpc) is 3.14. The maximum absolute atomic E-state index is 12.5. The molecule has 1 aliphatic heterocycles. The van der Waals surface area contributed by atoms with Crippen molar-refractivity contribution in [2.24, 2.45) is 0 Å². The van der Waals surface area contributed by atoms with Gasteiger partial charge in [-0.1, -0.05) is 25.0 Å². The highest BCUT2D eigenvalue weighted by atomic mass is 32.2. The molecule has 2 aliphatic rings. The molecule has 0 bridgehead atoms. The molecule has 6 nitrogen and oxygen atoms in total. The van der Waals surface area contributed by atoms with Crippen molar-refractivity contribution >= 4 is 29.7 Å². The van der Waals surface area contributed by atoms with Crippen LogP contribution in [0.4, 0.5) is 4.79 Å². The van der Waals surface area contributed by atoms with E-state index in [4.69, 9.17) is 4.74 Å². The van der Waals surface area contributed by atoms with Crippen molar-refractivity contribution in [2.45, 2.75) is 42.7 Å². The minimum atomic E-state index is -0.787. The Labute approximate surface area is 144 Å². The lowest BCUT2D eigenvalue weighted by Crippen LogP contribution is -2.44. The summed E-state index contributed by atoms with van der Waals surface area (Å²) in [6.45, 7) is -0.211. The van der Waals surface area contributed by atoms with Crippen LogP contribution in [0.2, 0.25) is 0 Å². The number of urea groups is 1. The quantitative estimate of drug-likeness (QED) is 0.502. The molecule has 128 valence electrons. The first-order valence-electron chi connectivity index (χ1n) is 7.97. The molecule has 1 aliphatic carbocycles. The smallest absolute Gasteiger partial charge is 0.326 e. The Hall–Kier alpha value is -2.02. The number of amides is 3. The third-order valence-corrected chi connectivity index (χ3v) is 5.29. The van der Waals surface area contributed by atoms with Gasteiger partial charge in [-0.3, -0.25) is 14.5 Å². The van der Waals surface area contributed by atoms with Crippen LogP contribution in [0.3, 0.4) is 0 Å². The van der Waals surface area contributed by atoms with Crippen molar-refractivity contribution in [2.75, 3.05) is 12.8 Å². The molecule has 1 aromatic rings. The van der Waals surface area contributed by atoms with Gasteiger partial charge in [0.15, 0.2) is 0 Å². The molecule has 0 radical (unpaired) electrons. The molecule has 1 heterocycles. The second kappa shape index (κ2) is 6.84. The third-order valence-electron chi connectivity index (χ3n) is 4.55. The lowest BCUT2D eigenvalue weighted by atomic mass is 9.98. The van der Waals surface area contributed by atoms with Gasteiger partial charge in [0.2, 0.25) is 0 Å².